The van der Waals surface area contributed by atoms with Crippen molar-refractivity contribution in [3.05, 3.63) is 23.3 Å². The fourth-order valence-electron chi connectivity index (χ4n) is 4.29. The second-order valence-corrected chi connectivity index (χ2v) is 12.4. The van der Waals surface area contributed by atoms with Crippen LogP contribution in [0.4, 0.5) is 16.6 Å². The first-order valence-electron chi connectivity index (χ1n) is 13.4. The number of nitrogen functional groups attached to an aromatic ring is 2. The Hall–Kier alpha value is -4.80. The molecule has 0 bridgehead atoms. The number of aliphatic carboxylic acids is 2. The molecular weight excluding hydrogens is 650 g/mol. The van der Waals surface area contributed by atoms with E-state index in [0.717, 1.165) is 16.4 Å². The fraction of sp³-hybridized carbons (Fsp3) is 0.458. The van der Waals surface area contributed by atoms with Crippen LogP contribution in [0.2, 0.25) is 0 Å². The zero-order valence-electron chi connectivity index (χ0n) is 24.7. The number of anilines is 3. The van der Waals surface area contributed by atoms with Crippen LogP contribution in [0.1, 0.15) is 26.1 Å². The maximum absolute atomic E-state index is 13.3. The average molecular weight is 683 g/mol. The summed E-state index contributed by atoms with van der Waals surface area (Å²) < 4.78 is 6.90. The van der Waals surface area contributed by atoms with Crippen molar-refractivity contribution < 1.29 is 48.8 Å². The van der Waals surface area contributed by atoms with Crippen molar-refractivity contribution in [1.82, 2.24) is 24.3 Å². The largest absolute Gasteiger partial charge is 0.478 e. The molecule has 248 valence electrons. The number of thioether (sulfide) groups is 1. The lowest BCUT2D eigenvalue weighted by Crippen LogP contribution is -2.71. The molecule has 20 nitrogen and oxygen atoms in total. The van der Waals surface area contributed by atoms with Gasteiger partial charge < -0.3 is 48.0 Å². The van der Waals surface area contributed by atoms with Crippen LogP contribution in [0.5, 0.6) is 0 Å². The summed E-state index contributed by atoms with van der Waals surface area (Å²) in [4.78, 5) is 72.6. The van der Waals surface area contributed by atoms with Crippen LogP contribution >= 0.6 is 23.3 Å². The summed E-state index contributed by atoms with van der Waals surface area (Å²) in [6, 6.07) is -1.18. The van der Waals surface area contributed by atoms with Crippen LogP contribution in [0, 0.1) is 0 Å². The Morgan fingerprint density at radius 3 is 2.57 bits per heavy atom. The van der Waals surface area contributed by atoms with Crippen molar-refractivity contribution in [2.24, 2.45) is 17.9 Å². The number of amides is 3. The Morgan fingerprint density at radius 1 is 1.28 bits per heavy atom. The number of rotatable bonds is 13. The second-order valence-electron chi connectivity index (χ2n) is 10.6. The van der Waals surface area contributed by atoms with E-state index in [-0.39, 0.29) is 53.4 Å². The molecule has 2 aromatic heterocycles. The van der Waals surface area contributed by atoms with E-state index in [4.69, 9.17) is 22.0 Å². The van der Waals surface area contributed by atoms with Gasteiger partial charge in [0, 0.05) is 22.9 Å². The number of carbonyl (C=O) groups excluding carboxylic acids is 3. The summed E-state index contributed by atoms with van der Waals surface area (Å²) in [5.41, 5.74) is 15.0. The zero-order valence-corrected chi connectivity index (χ0v) is 26.3. The van der Waals surface area contributed by atoms with Crippen LogP contribution in [-0.2, 0) is 42.4 Å². The number of nitrogens with one attached hydrogen (secondary N) is 2. The normalized spacial score (nSPS) is 18.8. The van der Waals surface area contributed by atoms with E-state index in [1.54, 1.807) is 7.05 Å². The molecule has 0 radical (unpaired) electrons. The van der Waals surface area contributed by atoms with Crippen molar-refractivity contribution in [1.29, 1.82) is 0 Å². The van der Waals surface area contributed by atoms with Gasteiger partial charge in [-0.25, -0.2) is 9.59 Å². The molecule has 4 rings (SSSR count). The Bertz CT molecular complexity index is 1650. The molecule has 3 atom stereocenters. The number of aliphatic hydroxyl groups is 1. The van der Waals surface area contributed by atoms with E-state index in [9.17, 15) is 39.3 Å². The van der Waals surface area contributed by atoms with Gasteiger partial charge in [-0.15, -0.1) is 21.1 Å². The third kappa shape index (κ3) is 6.73. The SMILES string of the molecule is Cn1c(N)c(NC(=O)[C@@H](O)CCN)c[n+]1CC1=C(C(=O)O)N2C(=O)[C@@H](NC(=O)/C(=N\OC(C)(C)C(=O)O)c3nsc(N)n3)[C@H]2SC1. The number of aliphatic hydroxyl groups excluding tert-OH is 1. The number of oxime groups is 1. The summed E-state index contributed by atoms with van der Waals surface area (Å²) in [6.07, 6.45) is 0.151. The van der Waals surface area contributed by atoms with Gasteiger partial charge in [-0.2, -0.15) is 9.36 Å². The Labute approximate surface area is 268 Å². The first-order valence-corrected chi connectivity index (χ1v) is 15.2. The molecule has 0 aromatic carbocycles. The maximum Gasteiger partial charge on any atom is 0.352 e. The Balaban J connectivity index is 1.54. The van der Waals surface area contributed by atoms with Gasteiger partial charge in [-0.05, 0) is 26.8 Å². The molecule has 0 aliphatic carbocycles. The molecule has 0 unspecified atom stereocenters. The average Bonchev–Trinajstić information content (AvgIpc) is 3.53. The summed E-state index contributed by atoms with van der Waals surface area (Å²) in [5, 5.41) is 37.1. The molecule has 2 aliphatic heterocycles. The molecule has 0 saturated carbocycles. The maximum atomic E-state index is 13.3. The van der Waals surface area contributed by atoms with Crippen LogP contribution in [0.3, 0.4) is 0 Å². The zero-order chi connectivity index (χ0) is 34.1. The van der Waals surface area contributed by atoms with Gasteiger partial charge in [0.1, 0.15) is 23.2 Å². The molecule has 22 heteroatoms. The molecule has 1 fully saturated rings. The number of β-lactam (4-membered cyclic amide) rings is 1. The Kier molecular flexibility index (Phi) is 9.84. The minimum atomic E-state index is -1.83. The van der Waals surface area contributed by atoms with Gasteiger partial charge in [0.2, 0.25) is 23.3 Å². The molecule has 46 heavy (non-hydrogen) atoms. The molecule has 1 saturated heterocycles. The smallest absolute Gasteiger partial charge is 0.352 e. The van der Waals surface area contributed by atoms with Crippen molar-refractivity contribution in [2.45, 2.75) is 49.9 Å². The second kappa shape index (κ2) is 13.3. The van der Waals surface area contributed by atoms with Crippen molar-refractivity contribution >= 4 is 75.3 Å². The molecule has 11 N–H and O–H groups in total. The highest BCUT2D eigenvalue weighted by atomic mass is 32.2. The van der Waals surface area contributed by atoms with Crippen LogP contribution in [-0.4, -0.2) is 105 Å². The molecule has 4 heterocycles. The monoisotopic (exact) mass is 682 g/mol. The first kappa shape index (κ1) is 34.1. The van der Waals surface area contributed by atoms with Crippen molar-refractivity contribution in [3.63, 3.8) is 0 Å². The summed E-state index contributed by atoms with van der Waals surface area (Å²) >= 11 is 1.93. The molecule has 2 aliphatic rings. The van der Waals surface area contributed by atoms with E-state index in [1.165, 1.54) is 41.2 Å². The molecule has 2 aromatic rings. The van der Waals surface area contributed by atoms with Gasteiger partial charge in [0.15, 0.2) is 23.2 Å². The molecular formula is C24H32N11O9S2+. The number of fused-ring (bicyclic) bond motifs is 1. The third-order valence-corrected chi connectivity index (χ3v) is 8.81. The minimum Gasteiger partial charge on any atom is -0.478 e. The lowest BCUT2D eigenvalue weighted by atomic mass is 10.0. The number of hydrogen-bond donors (Lipinski definition) is 8. The van der Waals surface area contributed by atoms with E-state index in [2.05, 4.69) is 25.1 Å². The predicted octanol–water partition coefficient (Wildman–Crippen LogP) is -3.00. The highest BCUT2D eigenvalue weighted by Gasteiger charge is 2.55. The van der Waals surface area contributed by atoms with E-state index < -0.39 is 58.5 Å². The predicted molar refractivity (Wildman–Crippen MR) is 162 cm³/mol. The number of nitrogens with zero attached hydrogens (tertiary/aromatic N) is 6. The van der Waals surface area contributed by atoms with E-state index >= 15 is 0 Å². The first-order chi connectivity index (χ1) is 21.6. The van der Waals surface area contributed by atoms with E-state index in [0.29, 0.717) is 5.57 Å². The number of nitrogens with two attached hydrogens (primary N) is 3. The van der Waals surface area contributed by atoms with Gasteiger partial charge in [-0.3, -0.25) is 19.3 Å². The lowest BCUT2D eigenvalue weighted by molar-refractivity contribution is -0.765. The van der Waals surface area contributed by atoms with Gasteiger partial charge >= 0.3 is 11.9 Å². The van der Waals surface area contributed by atoms with Gasteiger partial charge in [0.25, 0.3) is 17.7 Å². The summed E-state index contributed by atoms with van der Waals surface area (Å²) in [7, 11) is 1.58. The molecule has 3 amide bonds. The highest BCUT2D eigenvalue weighted by molar-refractivity contribution is 8.00. The van der Waals surface area contributed by atoms with Crippen LogP contribution in [0.15, 0.2) is 22.6 Å². The number of aromatic nitrogens is 4. The van der Waals surface area contributed by atoms with Crippen LogP contribution < -0.4 is 32.5 Å². The summed E-state index contributed by atoms with van der Waals surface area (Å²) in [6.45, 7) is 2.46. The number of hydrogen-bond acceptors (Lipinski definition) is 15. The van der Waals surface area contributed by atoms with Crippen LogP contribution in [0.25, 0.3) is 0 Å². The van der Waals surface area contributed by atoms with Gasteiger partial charge in [-0.1, -0.05) is 5.16 Å². The Morgan fingerprint density at radius 2 is 1.98 bits per heavy atom. The topological polar surface area (TPSA) is 308 Å². The van der Waals surface area contributed by atoms with Gasteiger partial charge in [0.05, 0.1) is 7.05 Å². The quantitative estimate of drug-likeness (QED) is 0.0452. The number of carbonyl (C=O) groups is 5. The standard InChI is InChI=1S/C24H31N11O9S2/c1-24(2,22(42)43)44-31-12(16-30-23(27)46-32-16)18(38)29-13-19(39)35-14(21(40)41)9(8-45-20(13)35)6-34-7-10(15(26)33(34)3)28-17(37)11(36)4-5-25/h7,11,13,20,26,36H,4-6,8,25H2,1-3H3,(H6,27,28,29,30,32,37,38,40,41,42,43)/p+1/b31-12-/t11-,13+,20+/m0/s1. The number of carboxylic acids is 2. The number of carboxylic acid groups (broad SMARTS) is 2. The fourth-order valence-corrected chi connectivity index (χ4v) is 6.06. The highest BCUT2D eigenvalue weighted by Crippen LogP contribution is 2.40. The minimum absolute atomic E-state index is 0.0120. The summed E-state index contributed by atoms with van der Waals surface area (Å²) in [5.74, 6) is -5.17. The van der Waals surface area contributed by atoms with E-state index in [1.807, 2.05) is 0 Å². The lowest BCUT2D eigenvalue weighted by Gasteiger charge is -2.49. The van der Waals surface area contributed by atoms with Crippen molar-refractivity contribution in [2.75, 3.05) is 29.1 Å². The third-order valence-electron chi connectivity index (χ3n) is 6.93. The van der Waals surface area contributed by atoms with Crippen molar-refractivity contribution in [3.8, 4) is 0 Å². The molecule has 0 spiro atoms.